The van der Waals surface area contributed by atoms with E-state index in [0.717, 1.165) is 44.9 Å². The summed E-state index contributed by atoms with van der Waals surface area (Å²) in [5, 5.41) is 30.4. The molecule has 202 valence electrons. The van der Waals surface area contributed by atoms with Crippen molar-refractivity contribution >= 4 is 11.9 Å². The van der Waals surface area contributed by atoms with E-state index >= 15 is 0 Å². The molecule has 37 heavy (non-hydrogen) atoms. The van der Waals surface area contributed by atoms with Crippen molar-refractivity contribution in [1.82, 2.24) is 0 Å². The molecule has 3 rings (SSSR count). The molecule has 1 heterocycles. The number of phenolic OH excluding ortho intramolecular Hbond substituents is 2. The SMILES string of the molecule is CCCCCCC(=O)Oc1cc(OC(=O)CCCCCC)c2c(c1)O[C@@H](c1ccc(O)c(O)c1)[C@@H](O)C2. The number of hydrogen-bond donors (Lipinski definition) is 3. The number of carbonyl (C=O) groups excluding carboxylic acids is 2. The normalized spacial score (nSPS) is 16.5. The molecule has 0 saturated carbocycles. The van der Waals surface area contributed by atoms with Crippen molar-refractivity contribution in [3.8, 4) is 28.7 Å². The Labute approximate surface area is 218 Å². The molecule has 0 bridgehead atoms. The number of carbonyl (C=O) groups is 2. The highest BCUT2D eigenvalue weighted by Crippen LogP contribution is 2.43. The molecule has 0 aliphatic carbocycles. The highest BCUT2D eigenvalue weighted by Gasteiger charge is 2.33. The number of aliphatic hydroxyl groups is 1. The Balaban J connectivity index is 1.83. The highest BCUT2D eigenvalue weighted by molar-refractivity contribution is 5.75. The number of fused-ring (bicyclic) bond motifs is 1. The largest absolute Gasteiger partial charge is 0.504 e. The number of hydrogen-bond acceptors (Lipinski definition) is 8. The zero-order valence-corrected chi connectivity index (χ0v) is 21.7. The fraction of sp³-hybridized carbons (Fsp3) is 0.517. The van der Waals surface area contributed by atoms with Crippen molar-refractivity contribution in [1.29, 1.82) is 0 Å². The summed E-state index contributed by atoms with van der Waals surface area (Å²) >= 11 is 0. The Morgan fingerprint density at radius 3 is 2.14 bits per heavy atom. The zero-order valence-electron chi connectivity index (χ0n) is 21.7. The minimum Gasteiger partial charge on any atom is -0.504 e. The summed E-state index contributed by atoms with van der Waals surface area (Å²) < 4.78 is 17.3. The molecule has 2 aromatic carbocycles. The van der Waals surface area contributed by atoms with E-state index in [4.69, 9.17) is 14.2 Å². The quantitative estimate of drug-likeness (QED) is 0.131. The third-order valence-corrected chi connectivity index (χ3v) is 6.41. The van der Waals surface area contributed by atoms with Gasteiger partial charge in [0, 0.05) is 37.0 Å². The minimum absolute atomic E-state index is 0.116. The van der Waals surface area contributed by atoms with Gasteiger partial charge in [0.1, 0.15) is 23.4 Å². The van der Waals surface area contributed by atoms with Gasteiger partial charge in [0.2, 0.25) is 0 Å². The molecule has 2 aromatic rings. The molecule has 0 radical (unpaired) electrons. The van der Waals surface area contributed by atoms with Gasteiger partial charge in [0.05, 0.1) is 6.10 Å². The number of ether oxygens (including phenoxy) is 3. The summed E-state index contributed by atoms with van der Waals surface area (Å²) in [6.07, 6.45) is 6.33. The van der Waals surface area contributed by atoms with Crippen LogP contribution in [0.4, 0.5) is 0 Å². The Hall–Kier alpha value is -3.26. The average molecular weight is 515 g/mol. The fourth-order valence-electron chi connectivity index (χ4n) is 4.34. The molecular weight excluding hydrogens is 476 g/mol. The second kappa shape index (κ2) is 13.9. The van der Waals surface area contributed by atoms with E-state index in [9.17, 15) is 24.9 Å². The van der Waals surface area contributed by atoms with Gasteiger partial charge < -0.3 is 29.5 Å². The van der Waals surface area contributed by atoms with Crippen LogP contribution in [0.15, 0.2) is 30.3 Å². The predicted octanol–water partition coefficient (Wildman–Crippen LogP) is 5.89. The van der Waals surface area contributed by atoms with Gasteiger partial charge in [-0.05, 0) is 30.5 Å². The molecule has 0 amide bonds. The van der Waals surface area contributed by atoms with Gasteiger partial charge in [-0.1, -0.05) is 58.4 Å². The fourth-order valence-corrected chi connectivity index (χ4v) is 4.34. The number of rotatable bonds is 13. The molecule has 0 aromatic heterocycles. The van der Waals surface area contributed by atoms with Gasteiger partial charge in [-0.3, -0.25) is 9.59 Å². The number of aliphatic hydroxyl groups excluding tert-OH is 1. The third-order valence-electron chi connectivity index (χ3n) is 6.41. The first-order chi connectivity index (χ1) is 17.8. The predicted molar refractivity (Wildman–Crippen MR) is 138 cm³/mol. The van der Waals surface area contributed by atoms with E-state index in [2.05, 4.69) is 13.8 Å². The van der Waals surface area contributed by atoms with E-state index in [1.54, 1.807) is 12.1 Å². The van der Waals surface area contributed by atoms with Crippen LogP contribution in [0.2, 0.25) is 0 Å². The standard InChI is InChI=1S/C29H38O8/c1-3-5-7-9-11-27(33)35-20-16-25(36-28(34)12-10-8-6-4-2)21-18-24(32)29(37-26(21)17-20)19-13-14-22(30)23(31)15-19/h13-17,24,29-32H,3-12,18H2,1-2H3/t24-,29-/m0/s1. The molecule has 1 aliphatic heterocycles. The summed E-state index contributed by atoms with van der Waals surface area (Å²) in [6, 6.07) is 7.24. The third kappa shape index (κ3) is 8.12. The van der Waals surface area contributed by atoms with E-state index in [0.29, 0.717) is 23.3 Å². The Morgan fingerprint density at radius 2 is 1.51 bits per heavy atom. The molecule has 0 spiro atoms. The number of benzene rings is 2. The van der Waals surface area contributed by atoms with Crippen molar-refractivity contribution in [2.75, 3.05) is 0 Å². The molecule has 2 atom stereocenters. The first-order valence-electron chi connectivity index (χ1n) is 13.3. The van der Waals surface area contributed by atoms with Crippen molar-refractivity contribution in [2.24, 2.45) is 0 Å². The molecule has 0 fully saturated rings. The van der Waals surface area contributed by atoms with Crippen LogP contribution in [0.5, 0.6) is 28.7 Å². The molecule has 8 nitrogen and oxygen atoms in total. The molecule has 1 aliphatic rings. The first kappa shape index (κ1) is 28.3. The Kier molecular flexibility index (Phi) is 10.6. The van der Waals surface area contributed by atoms with Crippen molar-refractivity contribution < 1.29 is 39.1 Å². The van der Waals surface area contributed by atoms with E-state index in [-0.39, 0.29) is 48.2 Å². The Bertz CT molecular complexity index is 1060. The lowest BCUT2D eigenvalue weighted by atomic mass is 9.94. The number of esters is 2. The number of aromatic hydroxyl groups is 2. The lowest BCUT2D eigenvalue weighted by Gasteiger charge is -2.32. The molecule has 8 heteroatoms. The second-order valence-electron chi connectivity index (χ2n) is 9.53. The van der Waals surface area contributed by atoms with Crippen molar-refractivity contribution in [2.45, 2.75) is 96.7 Å². The van der Waals surface area contributed by atoms with Gasteiger partial charge in [-0.2, -0.15) is 0 Å². The monoisotopic (exact) mass is 514 g/mol. The van der Waals surface area contributed by atoms with Gasteiger partial charge in [-0.25, -0.2) is 0 Å². The van der Waals surface area contributed by atoms with E-state index in [1.807, 2.05) is 0 Å². The van der Waals surface area contributed by atoms with E-state index in [1.165, 1.54) is 18.2 Å². The summed E-state index contributed by atoms with van der Waals surface area (Å²) in [5.41, 5.74) is 0.956. The van der Waals surface area contributed by atoms with Gasteiger partial charge in [-0.15, -0.1) is 0 Å². The van der Waals surface area contributed by atoms with E-state index < -0.39 is 18.2 Å². The first-order valence-corrected chi connectivity index (χ1v) is 13.3. The van der Waals surface area contributed by atoms with Crippen LogP contribution in [0.1, 0.15) is 95.3 Å². The Morgan fingerprint density at radius 1 is 0.865 bits per heavy atom. The highest BCUT2D eigenvalue weighted by atomic mass is 16.6. The van der Waals surface area contributed by atoms with Crippen LogP contribution in [-0.2, 0) is 16.0 Å². The zero-order chi connectivity index (χ0) is 26.8. The topological polar surface area (TPSA) is 123 Å². The molecular formula is C29H38O8. The van der Waals surface area contributed by atoms with Gasteiger partial charge in [0.15, 0.2) is 11.5 Å². The van der Waals surface area contributed by atoms with Crippen LogP contribution < -0.4 is 14.2 Å². The summed E-state index contributed by atoms with van der Waals surface area (Å²) in [7, 11) is 0. The number of phenols is 2. The average Bonchev–Trinajstić information content (AvgIpc) is 2.86. The second-order valence-corrected chi connectivity index (χ2v) is 9.53. The van der Waals surface area contributed by atoms with Crippen LogP contribution in [0, 0.1) is 0 Å². The number of unbranched alkanes of at least 4 members (excludes halogenated alkanes) is 6. The molecule has 0 saturated heterocycles. The summed E-state index contributed by atoms with van der Waals surface area (Å²) in [6.45, 7) is 4.20. The van der Waals surface area contributed by atoms with Crippen LogP contribution in [0.3, 0.4) is 0 Å². The smallest absolute Gasteiger partial charge is 0.311 e. The van der Waals surface area contributed by atoms with Crippen LogP contribution in [-0.4, -0.2) is 33.4 Å². The maximum atomic E-state index is 12.5. The van der Waals surface area contributed by atoms with Crippen LogP contribution in [0.25, 0.3) is 0 Å². The maximum absolute atomic E-state index is 12.5. The van der Waals surface area contributed by atoms with Crippen molar-refractivity contribution in [3.63, 3.8) is 0 Å². The van der Waals surface area contributed by atoms with Gasteiger partial charge >= 0.3 is 11.9 Å². The molecule has 3 N–H and O–H groups in total. The summed E-state index contributed by atoms with van der Waals surface area (Å²) in [5.74, 6) is -0.703. The van der Waals surface area contributed by atoms with Crippen molar-refractivity contribution in [3.05, 3.63) is 41.5 Å². The maximum Gasteiger partial charge on any atom is 0.311 e. The minimum atomic E-state index is -1.01. The summed E-state index contributed by atoms with van der Waals surface area (Å²) in [4.78, 5) is 25.0. The lowest BCUT2D eigenvalue weighted by Crippen LogP contribution is -2.31. The van der Waals surface area contributed by atoms with Crippen LogP contribution >= 0.6 is 0 Å². The molecule has 0 unspecified atom stereocenters. The van der Waals surface area contributed by atoms with Gasteiger partial charge in [0.25, 0.3) is 0 Å². The lowest BCUT2D eigenvalue weighted by molar-refractivity contribution is -0.135.